The molecule has 1 saturated heterocycles. The second-order valence-electron chi connectivity index (χ2n) is 4.66. The molecule has 0 aromatic rings. The Kier molecular flexibility index (Phi) is 8.63. The van der Waals surface area contributed by atoms with Crippen molar-refractivity contribution >= 4 is 11.8 Å². The lowest BCUT2D eigenvalue weighted by molar-refractivity contribution is -0.140. The van der Waals surface area contributed by atoms with Gasteiger partial charge in [0.1, 0.15) is 0 Å². The molecule has 0 radical (unpaired) electrons. The first-order chi connectivity index (χ1) is 8.56. The quantitative estimate of drug-likeness (QED) is 0.542. The van der Waals surface area contributed by atoms with Crippen LogP contribution in [0.2, 0.25) is 0 Å². The maximum atomic E-state index is 11.7. The lowest BCUT2D eigenvalue weighted by Gasteiger charge is -2.15. The summed E-state index contributed by atoms with van der Waals surface area (Å²) in [7, 11) is 0. The van der Waals surface area contributed by atoms with Gasteiger partial charge in [0.15, 0.2) is 0 Å². The first-order valence-electron chi connectivity index (χ1n) is 6.98. The average Bonchev–Trinajstić information content (AvgIpc) is 2.63. The van der Waals surface area contributed by atoms with Crippen molar-refractivity contribution in [2.24, 2.45) is 11.8 Å². The van der Waals surface area contributed by atoms with Crippen molar-refractivity contribution in [1.82, 2.24) is 4.90 Å². The summed E-state index contributed by atoms with van der Waals surface area (Å²) in [4.78, 5) is 24.6. The molecule has 0 aromatic heterocycles. The molecule has 0 bridgehead atoms. The number of nitrogens with zero attached hydrogens (tertiary/aromatic N) is 1. The minimum atomic E-state index is -0.0994. The van der Waals surface area contributed by atoms with E-state index in [0.717, 1.165) is 6.42 Å². The summed E-state index contributed by atoms with van der Waals surface area (Å²) < 4.78 is 5.38. The van der Waals surface area contributed by atoms with Crippen molar-refractivity contribution < 1.29 is 14.3 Å². The van der Waals surface area contributed by atoms with E-state index in [0.29, 0.717) is 32.1 Å². The van der Waals surface area contributed by atoms with Crippen LogP contribution in [0.15, 0.2) is 0 Å². The lowest BCUT2D eigenvalue weighted by Crippen LogP contribution is -2.34. The summed E-state index contributed by atoms with van der Waals surface area (Å²) in [6.07, 6.45) is 1.12. The number of ether oxygens (including phenoxy) is 1. The molecule has 0 N–H and O–H groups in total. The van der Waals surface area contributed by atoms with Gasteiger partial charge in [0.2, 0.25) is 11.8 Å². The second-order valence-corrected chi connectivity index (χ2v) is 4.66. The largest absolute Gasteiger partial charge is 0.379 e. The van der Waals surface area contributed by atoms with Crippen LogP contribution in [-0.2, 0) is 14.3 Å². The van der Waals surface area contributed by atoms with E-state index in [1.807, 2.05) is 20.8 Å². The minimum absolute atomic E-state index is 0.0272. The highest BCUT2D eigenvalue weighted by Gasteiger charge is 2.36. The van der Waals surface area contributed by atoms with Crippen LogP contribution in [0.1, 0.15) is 47.5 Å². The van der Waals surface area contributed by atoms with E-state index in [-0.39, 0.29) is 17.7 Å². The molecular weight excluding hydrogens is 230 g/mol. The van der Waals surface area contributed by atoms with E-state index in [1.165, 1.54) is 4.90 Å². The fourth-order valence-electron chi connectivity index (χ4n) is 1.78. The summed E-state index contributed by atoms with van der Waals surface area (Å²) >= 11 is 0. The maximum Gasteiger partial charge on any atom is 0.232 e. The minimum Gasteiger partial charge on any atom is -0.379 e. The molecule has 1 atom stereocenters. The van der Waals surface area contributed by atoms with Gasteiger partial charge in [-0.2, -0.15) is 0 Å². The monoisotopic (exact) mass is 257 g/mol. The third kappa shape index (κ3) is 5.17. The third-order valence-corrected chi connectivity index (χ3v) is 2.74. The molecule has 0 saturated carbocycles. The van der Waals surface area contributed by atoms with Crippen molar-refractivity contribution in [2.45, 2.75) is 47.5 Å². The Morgan fingerprint density at radius 2 is 1.94 bits per heavy atom. The smallest absolute Gasteiger partial charge is 0.232 e. The van der Waals surface area contributed by atoms with Crippen LogP contribution >= 0.6 is 0 Å². The first kappa shape index (κ1) is 17.1. The molecule has 1 rings (SSSR count). The van der Waals surface area contributed by atoms with Crippen molar-refractivity contribution in [3.05, 3.63) is 0 Å². The van der Waals surface area contributed by atoms with Gasteiger partial charge in [-0.3, -0.25) is 14.5 Å². The summed E-state index contributed by atoms with van der Waals surface area (Å²) in [5, 5.41) is 0. The van der Waals surface area contributed by atoms with Gasteiger partial charge in [0.25, 0.3) is 0 Å². The Balaban J connectivity index is 0.00000137. The highest BCUT2D eigenvalue weighted by Crippen LogP contribution is 2.21. The predicted octanol–water partition coefficient (Wildman–Crippen LogP) is 2.47. The van der Waals surface area contributed by atoms with Crippen LogP contribution in [0.5, 0.6) is 0 Å². The molecule has 18 heavy (non-hydrogen) atoms. The van der Waals surface area contributed by atoms with Crippen LogP contribution in [0.3, 0.4) is 0 Å². The molecule has 4 nitrogen and oxygen atoms in total. The van der Waals surface area contributed by atoms with Crippen LogP contribution in [0.25, 0.3) is 0 Å². The zero-order valence-corrected chi connectivity index (χ0v) is 12.4. The normalized spacial score (nSPS) is 19.2. The zero-order valence-electron chi connectivity index (χ0n) is 12.4. The van der Waals surface area contributed by atoms with Crippen molar-refractivity contribution in [2.75, 3.05) is 19.8 Å². The fraction of sp³-hybridized carbons (Fsp3) is 0.857. The van der Waals surface area contributed by atoms with Crippen LogP contribution < -0.4 is 0 Å². The number of imide groups is 1. The van der Waals surface area contributed by atoms with E-state index in [9.17, 15) is 9.59 Å². The van der Waals surface area contributed by atoms with Crippen molar-refractivity contribution in [1.29, 1.82) is 0 Å². The highest BCUT2D eigenvalue weighted by atomic mass is 16.5. The Hall–Kier alpha value is -0.900. The standard InChI is InChI=1S/C12H21NO3.C2H6/c1-4-10-7-11(14)13(12(10)15)5-6-16-8-9(2)3;1-2/h9-10H,4-8H2,1-3H3;1-2H3. The molecule has 0 spiro atoms. The Morgan fingerprint density at radius 3 is 2.39 bits per heavy atom. The first-order valence-corrected chi connectivity index (χ1v) is 6.98. The number of carbonyl (C=O) groups excluding carboxylic acids is 2. The van der Waals surface area contributed by atoms with Gasteiger partial charge in [-0.25, -0.2) is 0 Å². The van der Waals surface area contributed by atoms with E-state index < -0.39 is 0 Å². The number of carbonyl (C=O) groups is 2. The molecule has 2 amide bonds. The molecule has 1 aliphatic rings. The van der Waals surface area contributed by atoms with E-state index in [2.05, 4.69) is 13.8 Å². The predicted molar refractivity (Wildman–Crippen MR) is 72.1 cm³/mol. The van der Waals surface area contributed by atoms with Gasteiger partial charge in [0, 0.05) is 18.9 Å². The Morgan fingerprint density at radius 1 is 1.33 bits per heavy atom. The second kappa shape index (κ2) is 9.09. The molecule has 1 heterocycles. The zero-order chi connectivity index (χ0) is 14.1. The molecule has 106 valence electrons. The van der Waals surface area contributed by atoms with E-state index >= 15 is 0 Å². The number of likely N-dealkylation sites (tertiary alicyclic amines) is 1. The molecular formula is C14H27NO3. The average molecular weight is 257 g/mol. The van der Waals surface area contributed by atoms with Gasteiger partial charge in [-0.15, -0.1) is 0 Å². The summed E-state index contributed by atoms with van der Waals surface area (Å²) in [6.45, 7) is 11.6. The number of rotatable bonds is 6. The molecule has 1 fully saturated rings. The SMILES string of the molecule is CC.CCC1CC(=O)N(CCOCC(C)C)C1=O. The van der Waals surface area contributed by atoms with Crippen LogP contribution in [-0.4, -0.2) is 36.5 Å². The van der Waals surface area contributed by atoms with Crippen LogP contribution in [0, 0.1) is 11.8 Å². The van der Waals surface area contributed by atoms with E-state index in [1.54, 1.807) is 0 Å². The summed E-state index contributed by atoms with van der Waals surface area (Å²) in [5.41, 5.74) is 0. The van der Waals surface area contributed by atoms with Gasteiger partial charge in [-0.1, -0.05) is 34.6 Å². The Labute approximate surface area is 111 Å². The van der Waals surface area contributed by atoms with Gasteiger partial charge in [-0.05, 0) is 12.3 Å². The molecule has 1 unspecified atom stereocenters. The van der Waals surface area contributed by atoms with Crippen LogP contribution in [0.4, 0.5) is 0 Å². The summed E-state index contributed by atoms with van der Waals surface area (Å²) in [5.74, 6) is 0.302. The van der Waals surface area contributed by atoms with Gasteiger partial charge >= 0.3 is 0 Å². The van der Waals surface area contributed by atoms with Gasteiger partial charge < -0.3 is 4.74 Å². The molecule has 0 aliphatic carbocycles. The molecule has 1 aliphatic heterocycles. The number of hydrogen-bond acceptors (Lipinski definition) is 3. The van der Waals surface area contributed by atoms with Crippen molar-refractivity contribution in [3.63, 3.8) is 0 Å². The number of hydrogen-bond donors (Lipinski definition) is 0. The summed E-state index contributed by atoms with van der Waals surface area (Å²) in [6, 6.07) is 0. The topological polar surface area (TPSA) is 46.6 Å². The van der Waals surface area contributed by atoms with Gasteiger partial charge in [0.05, 0.1) is 13.2 Å². The number of amides is 2. The third-order valence-electron chi connectivity index (χ3n) is 2.74. The van der Waals surface area contributed by atoms with E-state index in [4.69, 9.17) is 4.74 Å². The molecule has 4 heteroatoms. The maximum absolute atomic E-state index is 11.7. The lowest BCUT2D eigenvalue weighted by atomic mass is 10.1. The Bertz CT molecular complexity index is 264. The molecule has 0 aromatic carbocycles. The fourth-order valence-corrected chi connectivity index (χ4v) is 1.78. The van der Waals surface area contributed by atoms with Crippen molar-refractivity contribution in [3.8, 4) is 0 Å². The highest BCUT2D eigenvalue weighted by molar-refractivity contribution is 6.03.